The summed E-state index contributed by atoms with van der Waals surface area (Å²) in [6, 6.07) is 3.80. The van der Waals surface area contributed by atoms with Crippen LogP contribution in [0, 0.1) is 0 Å². The molecule has 0 aliphatic carbocycles. The first-order chi connectivity index (χ1) is 10.7. The van der Waals surface area contributed by atoms with Gasteiger partial charge >= 0.3 is 0 Å². The molecule has 0 atom stereocenters. The molecule has 0 amide bonds. The van der Waals surface area contributed by atoms with Crippen molar-refractivity contribution >= 4 is 11.6 Å². The number of anilines is 1. The molecule has 6 heteroatoms. The fourth-order valence-corrected chi connectivity index (χ4v) is 1.68. The summed E-state index contributed by atoms with van der Waals surface area (Å²) in [5.41, 5.74) is 0. The van der Waals surface area contributed by atoms with E-state index >= 15 is 0 Å². The molecule has 1 N–H and O–H groups in total. The number of Topliss-reactive ketones (excluding diaryl/α,β-unsaturated/α-hetero) is 1. The van der Waals surface area contributed by atoms with Crippen LogP contribution in [0.1, 0.15) is 28.1 Å². The minimum Gasteiger partial charge on any atom is -0.492 e. The Hall–Kier alpha value is -1.66. The van der Waals surface area contributed by atoms with Crippen LogP contribution in [0.2, 0.25) is 0 Å². The molecule has 0 radical (unpaired) electrons. The maximum Gasteiger partial charge on any atom is 0.155 e. The summed E-state index contributed by atoms with van der Waals surface area (Å²) in [6.07, 6.45) is 3.33. The highest BCUT2D eigenvalue weighted by atomic mass is 16.5. The number of carbonyl (C=O) groups is 1. The van der Waals surface area contributed by atoms with Gasteiger partial charge in [-0.1, -0.05) is 0 Å². The van der Waals surface area contributed by atoms with Crippen LogP contribution in [0.5, 0.6) is 5.75 Å². The Morgan fingerprint density at radius 1 is 1.18 bits per heavy atom. The SMILES string of the molecule is CCNc1ccc(OCCCOCCCOCC(C)=O)cn1.[HH]. The second kappa shape index (κ2) is 11.9. The second-order valence-electron chi connectivity index (χ2n) is 4.83. The van der Waals surface area contributed by atoms with Gasteiger partial charge in [0.1, 0.15) is 18.2 Å². The number of ketones is 1. The van der Waals surface area contributed by atoms with Crippen molar-refractivity contribution in [1.29, 1.82) is 0 Å². The van der Waals surface area contributed by atoms with Crippen LogP contribution in [0.15, 0.2) is 18.3 Å². The lowest BCUT2D eigenvalue weighted by atomic mass is 10.4. The number of nitrogens with zero attached hydrogens (tertiary/aromatic N) is 1. The molecule has 1 heterocycles. The molecule has 0 aliphatic heterocycles. The Morgan fingerprint density at radius 3 is 2.55 bits per heavy atom. The van der Waals surface area contributed by atoms with Gasteiger partial charge < -0.3 is 19.5 Å². The van der Waals surface area contributed by atoms with Gasteiger partial charge in [0, 0.05) is 34.2 Å². The van der Waals surface area contributed by atoms with Crippen LogP contribution in [-0.2, 0) is 14.3 Å². The molecule has 0 aromatic carbocycles. The van der Waals surface area contributed by atoms with E-state index in [-0.39, 0.29) is 13.8 Å². The Labute approximate surface area is 133 Å². The first kappa shape index (κ1) is 18.4. The average Bonchev–Trinajstić information content (AvgIpc) is 2.51. The van der Waals surface area contributed by atoms with Crippen LogP contribution >= 0.6 is 0 Å². The summed E-state index contributed by atoms with van der Waals surface area (Å²) in [5, 5.41) is 3.13. The normalized spacial score (nSPS) is 10.5. The van der Waals surface area contributed by atoms with Gasteiger partial charge in [0.2, 0.25) is 0 Å². The third-order valence-electron chi connectivity index (χ3n) is 2.68. The van der Waals surface area contributed by atoms with Crippen LogP contribution in [0.4, 0.5) is 5.82 Å². The summed E-state index contributed by atoms with van der Waals surface area (Å²) in [4.78, 5) is 14.9. The van der Waals surface area contributed by atoms with Crippen molar-refractivity contribution in [2.45, 2.75) is 26.7 Å². The molecule has 6 nitrogen and oxygen atoms in total. The summed E-state index contributed by atoms with van der Waals surface area (Å²) >= 11 is 0. The molecule has 126 valence electrons. The van der Waals surface area contributed by atoms with Gasteiger partial charge in [-0.15, -0.1) is 0 Å². The van der Waals surface area contributed by atoms with Gasteiger partial charge in [-0.25, -0.2) is 4.98 Å². The van der Waals surface area contributed by atoms with Gasteiger partial charge in [0.15, 0.2) is 5.78 Å². The van der Waals surface area contributed by atoms with Gasteiger partial charge in [-0.05, 0) is 32.4 Å². The number of hydrogen-bond acceptors (Lipinski definition) is 6. The number of ether oxygens (including phenoxy) is 3. The molecule has 0 fully saturated rings. The lowest BCUT2D eigenvalue weighted by Crippen LogP contribution is -2.08. The smallest absolute Gasteiger partial charge is 0.155 e. The zero-order valence-corrected chi connectivity index (χ0v) is 13.5. The standard InChI is InChI=1S/C16H26N2O4.H2/c1-3-17-16-7-6-15(12-18-16)22-11-5-9-20-8-4-10-21-13-14(2)19;/h6-7,12H,3-5,8-11,13H2,1-2H3,(H,17,18);1H. The number of carbonyl (C=O) groups excluding carboxylic acids is 1. The molecule has 1 aromatic rings. The molecule has 0 unspecified atom stereocenters. The van der Waals surface area contributed by atoms with Crippen LogP contribution in [-0.4, -0.2) is 50.3 Å². The van der Waals surface area contributed by atoms with Crippen LogP contribution in [0.3, 0.4) is 0 Å². The van der Waals surface area contributed by atoms with Gasteiger partial charge in [0.25, 0.3) is 0 Å². The van der Waals surface area contributed by atoms with Crippen molar-refractivity contribution in [3.8, 4) is 5.75 Å². The van der Waals surface area contributed by atoms with E-state index in [1.54, 1.807) is 6.20 Å². The molecule has 0 saturated carbocycles. The third-order valence-corrected chi connectivity index (χ3v) is 2.68. The maximum absolute atomic E-state index is 10.6. The molecule has 22 heavy (non-hydrogen) atoms. The highest BCUT2D eigenvalue weighted by Crippen LogP contribution is 2.11. The van der Waals surface area contributed by atoms with E-state index in [1.807, 2.05) is 19.1 Å². The predicted octanol–water partition coefficient (Wildman–Crippen LogP) is 2.54. The number of nitrogens with one attached hydrogen (secondary N) is 1. The first-order valence-corrected chi connectivity index (χ1v) is 7.70. The van der Waals surface area contributed by atoms with E-state index in [9.17, 15) is 4.79 Å². The molecular weight excluding hydrogens is 284 g/mol. The first-order valence-electron chi connectivity index (χ1n) is 7.70. The Balaban J connectivity index is 0.00000484. The molecule has 0 spiro atoms. The van der Waals surface area contributed by atoms with Crippen LogP contribution in [0.25, 0.3) is 0 Å². The van der Waals surface area contributed by atoms with Crippen molar-refractivity contribution in [3.05, 3.63) is 18.3 Å². The van der Waals surface area contributed by atoms with E-state index in [0.29, 0.717) is 26.4 Å². The largest absolute Gasteiger partial charge is 0.492 e. The molecule has 0 aliphatic rings. The van der Waals surface area contributed by atoms with Crippen LogP contribution < -0.4 is 10.1 Å². The maximum atomic E-state index is 10.6. The number of pyridine rings is 1. The minimum atomic E-state index is 0. The molecular formula is C16H28N2O4. The van der Waals surface area contributed by atoms with E-state index in [4.69, 9.17) is 14.2 Å². The molecule has 1 aromatic heterocycles. The van der Waals surface area contributed by atoms with E-state index in [0.717, 1.165) is 31.0 Å². The van der Waals surface area contributed by atoms with E-state index in [1.165, 1.54) is 6.92 Å². The van der Waals surface area contributed by atoms with Crippen molar-refractivity contribution < 1.29 is 20.4 Å². The zero-order valence-electron chi connectivity index (χ0n) is 13.5. The fourth-order valence-electron chi connectivity index (χ4n) is 1.68. The van der Waals surface area contributed by atoms with Gasteiger partial charge in [-0.3, -0.25) is 4.79 Å². The van der Waals surface area contributed by atoms with E-state index < -0.39 is 0 Å². The Bertz CT molecular complexity index is 415. The Morgan fingerprint density at radius 2 is 1.91 bits per heavy atom. The van der Waals surface area contributed by atoms with Gasteiger partial charge in [0.05, 0.1) is 12.8 Å². The lowest BCUT2D eigenvalue weighted by molar-refractivity contribution is -0.121. The Kier molecular flexibility index (Phi) is 9.98. The zero-order chi connectivity index (χ0) is 16.0. The predicted molar refractivity (Wildman–Crippen MR) is 87.6 cm³/mol. The summed E-state index contributed by atoms with van der Waals surface area (Å²) in [7, 11) is 0. The minimum absolute atomic E-state index is 0. The topological polar surface area (TPSA) is 69.7 Å². The van der Waals surface area contributed by atoms with Crippen molar-refractivity contribution in [2.75, 3.05) is 44.9 Å². The second-order valence-corrected chi connectivity index (χ2v) is 4.83. The lowest BCUT2D eigenvalue weighted by Gasteiger charge is -2.08. The fraction of sp³-hybridized carbons (Fsp3) is 0.625. The van der Waals surface area contributed by atoms with Crippen molar-refractivity contribution in [3.63, 3.8) is 0 Å². The summed E-state index contributed by atoms with van der Waals surface area (Å²) < 4.78 is 16.2. The average molecular weight is 312 g/mol. The number of hydrogen-bond donors (Lipinski definition) is 1. The van der Waals surface area contributed by atoms with E-state index in [2.05, 4.69) is 10.3 Å². The highest BCUT2D eigenvalue weighted by molar-refractivity contribution is 5.76. The van der Waals surface area contributed by atoms with Crippen molar-refractivity contribution in [2.24, 2.45) is 0 Å². The van der Waals surface area contributed by atoms with Gasteiger partial charge in [-0.2, -0.15) is 0 Å². The molecule has 0 saturated heterocycles. The van der Waals surface area contributed by atoms with Crippen molar-refractivity contribution in [1.82, 2.24) is 4.98 Å². The highest BCUT2D eigenvalue weighted by Gasteiger charge is 1.97. The monoisotopic (exact) mass is 312 g/mol. The number of rotatable bonds is 13. The summed E-state index contributed by atoms with van der Waals surface area (Å²) in [6.45, 7) is 7.02. The quantitative estimate of drug-likeness (QED) is 0.564. The molecule has 1 rings (SSSR count). The number of aromatic nitrogens is 1. The third kappa shape index (κ3) is 9.31. The molecule has 0 bridgehead atoms. The summed E-state index contributed by atoms with van der Waals surface area (Å²) in [5.74, 6) is 1.66.